The maximum Gasteiger partial charge on any atom is 0.416 e. The molecule has 18 heteroatoms. The Morgan fingerprint density at radius 2 is 1.36 bits per heavy atom. The number of hydrogen-bond donors (Lipinski definition) is 2. The van der Waals surface area contributed by atoms with E-state index < -0.39 is 35.6 Å². The molecule has 3 aromatic heterocycles. The minimum Gasteiger partial charge on any atom is -0.496 e. The van der Waals surface area contributed by atoms with Crippen LogP contribution in [0.2, 0.25) is 0 Å². The summed E-state index contributed by atoms with van der Waals surface area (Å²) in [5.41, 5.74) is 1.65. The number of hydrogen-bond acceptors (Lipinski definition) is 8. The first kappa shape index (κ1) is 39.4. The Bertz CT molecular complexity index is 2460. The molecule has 0 radical (unpaired) electrons. The number of aryl methyl sites for hydroxylation is 1. The Balaban J connectivity index is 1.29. The van der Waals surface area contributed by atoms with Gasteiger partial charge in [-0.15, -0.1) is 0 Å². The number of fused-ring (bicyclic) bond motifs is 2. The number of aromatic amines is 2. The van der Waals surface area contributed by atoms with Crippen LogP contribution < -0.4 is 4.74 Å². The van der Waals surface area contributed by atoms with Crippen LogP contribution in [0.4, 0.5) is 26.3 Å². The molecule has 2 aliphatic rings. The lowest BCUT2D eigenvalue weighted by Crippen LogP contribution is -2.55. The molecule has 3 aromatic carbocycles. The van der Waals surface area contributed by atoms with E-state index in [1.54, 1.807) is 35.6 Å². The zero-order valence-corrected chi connectivity index (χ0v) is 31.8. The highest BCUT2D eigenvalue weighted by molar-refractivity contribution is 5.97. The Hall–Kier alpha value is -5.46. The average Bonchev–Trinajstić information content (AvgIpc) is 3.96. The second-order valence-electron chi connectivity index (χ2n) is 14.5. The Labute approximate surface area is 328 Å². The first-order valence-electron chi connectivity index (χ1n) is 18.7. The molecule has 0 saturated carbocycles. The van der Waals surface area contributed by atoms with Gasteiger partial charge in [-0.05, 0) is 73.4 Å². The van der Waals surface area contributed by atoms with Gasteiger partial charge in [-0.25, -0.2) is 0 Å². The van der Waals surface area contributed by atoms with Gasteiger partial charge in [0.25, 0.3) is 0 Å². The van der Waals surface area contributed by atoms with Crippen molar-refractivity contribution in [3.63, 3.8) is 0 Å². The molecule has 58 heavy (non-hydrogen) atoms. The zero-order chi connectivity index (χ0) is 40.9. The fourth-order valence-corrected chi connectivity index (χ4v) is 8.27. The van der Waals surface area contributed by atoms with Crippen LogP contribution in [0.5, 0.6) is 5.75 Å². The molecule has 0 aliphatic carbocycles. The summed E-state index contributed by atoms with van der Waals surface area (Å²) in [6, 6.07) is 7.88. The van der Waals surface area contributed by atoms with Gasteiger partial charge in [-0.2, -0.15) is 41.6 Å². The second kappa shape index (κ2) is 15.4. The third kappa shape index (κ3) is 7.39. The van der Waals surface area contributed by atoms with Crippen molar-refractivity contribution in [1.82, 2.24) is 40.0 Å². The SMILES string of the molecule is COc1ccc(CC(C(C(=O)N2CCOCC2)n2nc(C)c(-c3cc(C(F)(F)F)cc4[nH]ncc34)c2C)N2CCOCC2)cc1-c1cc(C(F)(F)F)cc2[nH]ncc12. The van der Waals surface area contributed by atoms with Crippen molar-refractivity contribution >= 4 is 27.7 Å². The highest BCUT2D eigenvalue weighted by atomic mass is 19.4. The fourth-order valence-electron chi connectivity index (χ4n) is 8.27. The molecule has 8 rings (SSSR count). The quantitative estimate of drug-likeness (QED) is 0.150. The summed E-state index contributed by atoms with van der Waals surface area (Å²) >= 11 is 0. The summed E-state index contributed by atoms with van der Waals surface area (Å²) in [4.78, 5) is 18.9. The van der Waals surface area contributed by atoms with Gasteiger partial charge in [0.05, 0.1) is 73.8 Å². The molecule has 0 bridgehead atoms. The summed E-state index contributed by atoms with van der Waals surface area (Å²) in [6.45, 7) is 6.43. The smallest absolute Gasteiger partial charge is 0.416 e. The highest BCUT2D eigenvalue weighted by Gasteiger charge is 2.41. The molecule has 6 aromatic rings. The van der Waals surface area contributed by atoms with Gasteiger partial charge in [-0.3, -0.25) is 24.6 Å². The third-order valence-corrected chi connectivity index (χ3v) is 11.1. The molecule has 2 unspecified atom stereocenters. The lowest BCUT2D eigenvalue weighted by atomic mass is 9.91. The molecule has 1 amide bonds. The van der Waals surface area contributed by atoms with Gasteiger partial charge in [0.1, 0.15) is 11.8 Å². The predicted octanol–water partition coefficient (Wildman–Crippen LogP) is 6.98. The number of amides is 1. The number of rotatable bonds is 9. The number of aromatic nitrogens is 6. The largest absolute Gasteiger partial charge is 0.496 e. The van der Waals surface area contributed by atoms with Crippen LogP contribution >= 0.6 is 0 Å². The first-order valence-corrected chi connectivity index (χ1v) is 18.7. The van der Waals surface area contributed by atoms with Crippen molar-refractivity contribution in [3.8, 4) is 28.0 Å². The number of carbonyl (C=O) groups is 1. The van der Waals surface area contributed by atoms with Crippen LogP contribution in [-0.4, -0.2) is 112 Å². The lowest BCUT2D eigenvalue weighted by molar-refractivity contribution is -0.142. The topological polar surface area (TPSA) is 126 Å². The number of halogens is 6. The summed E-state index contributed by atoms with van der Waals surface area (Å²) in [6.07, 6.45) is -6.11. The van der Waals surface area contributed by atoms with Gasteiger partial charge in [0.15, 0.2) is 0 Å². The number of ether oxygens (including phenoxy) is 3. The van der Waals surface area contributed by atoms with E-state index in [4.69, 9.17) is 19.3 Å². The summed E-state index contributed by atoms with van der Waals surface area (Å²) in [5, 5.41) is 19.2. The molecule has 2 aliphatic heterocycles. The van der Waals surface area contributed by atoms with Crippen LogP contribution in [0.1, 0.15) is 34.1 Å². The number of nitrogens with zero attached hydrogens (tertiary/aromatic N) is 6. The van der Waals surface area contributed by atoms with E-state index in [1.807, 2.05) is 6.07 Å². The van der Waals surface area contributed by atoms with Crippen LogP contribution in [0.3, 0.4) is 0 Å². The van der Waals surface area contributed by atoms with Crippen molar-refractivity contribution < 1.29 is 45.3 Å². The van der Waals surface area contributed by atoms with E-state index in [9.17, 15) is 26.3 Å². The number of carbonyl (C=O) groups excluding carboxylic acids is 1. The average molecular weight is 811 g/mol. The molecule has 0 spiro atoms. The monoisotopic (exact) mass is 810 g/mol. The lowest BCUT2D eigenvalue weighted by Gasteiger charge is -2.41. The van der Waals surface area contributed by atoms with Gasteiger partial charge < -0.3 is 19.1 Å². The highest BCUT2D eigenvalue weighted by Crippen LogP contribution is 2.42. The number of nitrogens with one attached hydrogen (secondary N) is 2. The number of morpholine rings is 2. The van der Waals surface area contributed by atoms with Crippen molar-refractivity contribution in [2.75, 3.05) is 59.7 Å². The van der Waals surface area contributed by atoms with E-state index >= 15 is 4.79 Å². The molecule has 306 valence electrons. The molecule has 2 atom stereocenters. The predicted molar refractivity (Wildman–Crippen MR) is 201 cm³/mol. The van der Waals surface area contributed by atoms with Crippen molar-refractivity contribution in [2.45, 2.75) is 44.7 Å². The van der Waals surface area contributed by atoms with Crippen LogP contribution in [-0.2, 0) is 33.0 Å². The standard InChI is InChI=1S/C40H40F6N8O4/c1-22-36(29-17-26(40(44,45)46)19-33-31(29)21-48-50-33)23(2)54(51-22)37(38(55)53-8-12-58-13-9-53)34(52-6-10-57-11-7-52)15-24-4-5-35(56-3)28(14-24)27-16-25(39(41,42)43)18-32-30(27)20-47-49-32/h4-5,14,16-21,34,37H,6-13,15H2,1-3H3,(H,47,49)(H,48,50). The van der Waals surface area contributed by atoms with E-state index in [0.29, 0.717) is 97.2 Å². The van der Waals surface area contributed by atoms with Gasteiger partial charge in [-0.1, -0.05) is 6.07 Å². The van der Waals surface area contributed by atoms with E-state index in [1.165, 1.54) is 19.5 Å². The maximum absolute atomic E-state index is 15.0. The minimum absolute atomic E-state index is 0.201. The van der Waals surface area contributed by atoms with E-state index in [-0.39, 0.29) is 34.5 Å². The Morgan fingerprint density at radius 1 is 0.793 bits per heavy atom. The fraction of sp³-hybridized carbons (Fsp3) is 0.400. The molecular weight excluding hydrogens is 770 g/mol. The minimum atomic E-state index is -4.64. The van der Waals surface area contributed by atoms with Gasteiger partial charge >= 0.3 is 12.4 Å². The van der Waals surface area contributed by atoms with E-state index in [0.717, 1.165) is 24.3 Å². The zero-order valence-electron chi connectivity index (χ0n) is 31.8. The molecule has 5 heterocycles. The van der Waals surface area contributed by atoms with E-state index in [2.05, 4.69) is 25.3 Å². The van der Waals surface area contributed by atoms with Crippen molar-refractivity contribution in [1.29, 1.82) is 0 Å². The number of methoxy groups -OCH3 is 1. The Kier molecular flexibility index (Phi) is 10.4. The summed E-state index contributed by atoms with van der Waals surface area (Å²) in [5.74, 6) is 0.0884. The number of alkyl halides is 6. The normalized spacial score (nSPS) is 16.9. The molecule has 2 N–H and O–H groups in total. The molecular formula is C40H40F6N8O4. The number of benzene rings is 3. The van der Waals surface area contributed by atoms with Gasteiger partial charge in [0.2, 0.25) is 5.91 Å². The van der Waals surface area contributed by atoms with Crippen LogP contribution in [0, 0.1) is 13.8 Å². The number of H-pyrrole nitrogens is 2. The summed E-state index contributed by atoms with van der Waals surface area (Å²) < 4.78 is 104. The van der Waals surface area contributed by atoms with Crippen molar-refractivity contribution in [2.24, 2.45) is 0 Å². The first-order chi connectivity index (χ1) is 27.7. The second-order valence-corrected chi connectivity index (χ2v) is 14.5. The van der Waals surface area contributed by atoms with Crippen LogP contribution in [0.15, 0.2) is 54.9 Å². The molecule has 2 saturated heterocycles. The van der Waals surface area contributed by atoms with Crippen molar-refractivity contribution in [3.05, 3.63) is 82.9 Å². The molecule has 2 fully saturated rings. The molecule has 12 nitrogen and oxygen atoms in total. The van der Waals surface area contributed by atoms with Crippen LogP contribution in [0.25, 0.3) is 44.1 Å². The Morgan fingerprint density at radius 3 is 1.95 bits per heavy atom. The third-order valence-electron chi connectivity index (χ3n) is 11.1. The maximum atomic E-state index is 15.0. The van der Waals surface area contributed by atoms with Gasteiger partial charge in [0, 0.05) is 59.8 Å². The summed E-state index contributed by atoms with van der Waals surface area (Å²) in [7, 11) is 1.44.